The number of imidazole rings is 1. The van der Waals surface area contributed by atoms with Crippen LogP contribution in [0.1, 0.15) is 17.3 Å². The molecule has 2 aromatic rings. The number of hydrogen-bond donors (Lipinski definition) is 3. The van der Waals surface area contributed by atoms with Gasteiger partial charge in [0, 0.05) is 5.56 Å². The molecule has 72 valence electrons. The van der Waals surface area contributed by atoms with E-state index in [0.717, 1.165) is 0 Å². The second-order valence-electron chi connectivity index (χ2n) is 3.05. The Bertz CT molecular complexity index is 565. The molecule has 0 fully saturated rings. The summed E-state index contributed by atoms with van der Waals surface area (Å²) >= 11 is 0. The minimum atomic E-state index is -0.406. The van der Waals surface area contributed by atoms with Crippen LogP contribution in [0, 0.1) is 0 Å². The van der Waals surface area contributed by atoms with Gasteiger partial charge >= 0.3 is 5.69 Å². The maximum Gasteiger partial charge on any atom is 0.323 e. The molecular weight excluding hydrogens is 184 g/mol. The van der Waals surface area contributed by atoms with Gasteiger partial charge in [0.25, 0.3) is 0 Å². The summed E-state index contributed by atoms with van der Waals surface area (Å²) in [5.41, 5.74) is 0.710. The molecule has 2 rings (SSSR count). The van der Waals surface area contributed by atoms with Crippen LogP contribution in [0.15, 0.2) is 16.9 Å². The highest BCUT2D eigenvalue weighted by atomic mass is 16.3. The average Bonchev–Trinajstić information content (AvgIpc) is 2.45. The Kier molecular flexibility index (Phi) is 1.67. The van der Waals surface area contributed by atoms with Crippen molar-refractivity contribution in [1.82, 2.24) is 9.97 Å². The number of rotatable bonds is 1. The lowest BCUT2D eigenvalue weighted by molar-refractivity contribution is 0.101. The molecule has 1 heterocycles. The molecule has 5 heteroatoms. The van der Waals surface area contributed by atoms with Gasteiger partial charge in [0.05, 0.1) is 5.52 Å². The van der Waals surface area contributed by atoms with E-state index < -0.39 is 5.69 Å². The molecule has 3 N–H and O–H groups in total. The van der Waals surface area contributed by atoms with E-state index in [2.05, 4.69) is 9.97 Å². The van der Waals surface area contributed by atoms with Crippen molar-refractivity contribution in [2.45, 2.75) is 6.92 Å². The van der Waals surface area contributed by atoms with Crippen LogP contribution in [-0.4, -0.2) is 20.9 Å². The molecular formula is C9H8N2O3. The zero-order chi connectivity index (χ0) is 10.3. The maximum atomic E-state index is 11.0. The quantitative estimate of drug-likeness (QED) is 0.583. The molecule has 14 heavy (non-hydrogen) atoms. The van der Waals surface area contributed by atoms with Gasteiger partial charge in [0.15, 0.2) is 5.78 Å². The minimum Gasteiger partial charge on any atom is -0.506 e. The molecule has 0 spiro atoms. The van der Waals surface area contributed by atoms with E-state index >= 15 is 0 Å². The van der Waals surface area contributed by atoms with Gasteiger partial charge < -0.3 is 15.1 Å². The molecule has 0 aliphatic carbocycles. The smallest absolute Gasteiger partial charge is 0.323 e. The van der Waals surface area contributed by atoms with Crippen LogP contribution >= 0.6 is 0 Å². The standard InChI is InChI=1S/C9H8N2O3/c1-4(12)5-2-6-8(7(13)3-5)11-9(14)10-6/h2-3,13H,1H3,(H2,10,11,14). The highest BCUT2D eigenvalue weighted by Crippen LogP contribution is 2.22. The van der Waals surface area contributed by atoms with Gasteiger partial charge in [0.2, 0.25) is 0 Å². The lowest BCUT2D eigenvalue weighted by atomic mass is 10.1. The van der Waals surface area contributed by atoms with Gasteiger partial charge in [0.1, 0.15) is 11.3 Å². The van der Waals surface area contributed by atoms with E-state index in [1.165, 1.54) is 19.1 Å². The number of benzene rings is 1. The summed E-state index contributed by atoms with van der Waals surface area (Å²) in [7, 11) is 0. The first-order valence-corrected chi connectivity index (χ1v) is 4.04. The number of aromatic amines is 2. The number of nitrogens with one attached hydrogen (secondary N) is 2. The Morgan fingerprint density at radius 2 is 2.07 bits per heavy atom. The molecule has 0 saturated heterocycles. The van der Waals surface area contributed by atoms with Gasteiger partial charge in [-0.1, -0.05) is 0 Å². The van der Waals surface area contributed by atoms with Gasteiger partial charge in [-0.3, -0.25) is 4.79 Å². The summed E-state index contributed by atoms with van der Waals surface area (Å²) in [6.07, 6.45) is 0. The molecule has 0 bridgehead atoms. The molecule has 1 aromatic carbocycles. The summed E-state index contributed by atoms with van der Waals surface area (Å²) < 4.78 is 0. The fourth-order valence-corrected chi connectivity index (χ4v) is 1.33. The zero-order valence-electron chi connectivity index (χ0n) is 7.42. The summed E-state index contributed by atoms with van der Waals surface area (Å²) in [6, 6.07) is 2.85. The van der Waals surface area contributed by atoms with E-state index in [1.54, 1.807) is 0 Å². The Hall–Kier alpha value is -2.04. The van der Waals surface area contributed by atoms with Crippen LogP contribution in [0.2, 0.25) is 0 Å². The van der Waals surface area contributed by atoms with Crippen LogP contribution in [0.25, 0.3) is 11.0 Å². The monoisotopic (exact) mass is 192 g/mol. The molecule has 5 nitrogen and oxygen atoms in total. The van der Waals surface area contributed by atoms with Crippen LogP contribution in [0.5, 0.6) is 5.75 Å². The normalized spacial score (nSPS) is 10.6. The van der Waals surface area contributed by atoms with E-state index in [4.69, 9.17) is 0 Å². The average molecular weight is 192 g/mol. The number of hydrogen-bond acceptors (Lipinski definition) is 3. The molecule has 0 atom stereocenters. The third-order valence-corrected chi connectivity index (χ3v) is 2.01. The van der Waals surface area contributed by atoms with Crippen LogP contribution in [0.4, 0.5) is 0 Å². The first-order chi connectivity index (χ1) is 6.58. The van der Waals surface area contributed by atoms with Crippen LogP contribution in [0.3, 0.4) is 0 Å². The van der Waals surface area contributed by atoms with Crippen molar-refractivity contribution in [3.05, 3.63) is 28.2 Å². The van der Waals surface area contributed by atoms with Crippen molar-refractivity contribution >= 4 is 16.8 Å². The molecule has 0 amide bonds. The third kappa shape index (κ3) is 1.19. The first-order valence-electron chi connectivity index (χ1n) is 4.04. The molecule has 0 saturated carbocycles. The Morgan fingerprint density at radius 3 is 2.71 bits per heavy atom. The predicted molar refractivity (Wildman–Crippen MR) is 50.6 cm³/mol. The number of carbonyl (C=O) groups is 1. The number of aromatic hydroxyl groups is 1. The number of ketones is 1. The molecule has 0 aliphatic rings. The number of carbonyl (C=O) groups excluding carboxylic acids is 1. The minimum absolute atomic E-state index is 0.106. The number of H-pyrrole nitrogens is 2. The molecule has 0 aliphatic heterocycles. The lowest BCUT2D eigenvalue weighted by Crippen LogP contribution is -1.99. The SMILES string of the molecule is CC(=O)c1cc(O)c2[nH]c(=O)[nH]c2c1. The van der Waals surface area contributed by atoms with Crippen molar-refractivity contribution in [2.24, 2.45) is 0 Å². The number of phenolic OH excluding ortho intramolecular Hbond substituents is 1. The molecule has 0 radical (unpaired) electrons. The van der Waals surface area contributed by atoms with E-state index in [1.807, 2.05) is 0 Å². The maximum absolute atomic E-state index is 11.0. The second-order valence-corrected chi connectivity index (χ2v) is 3.05. The highest BCUT2D eigenvalue weighted by Gasteiger charge is 2.08. The fourth-order valence-electron chi connectivity index (χ4n) is 1.33. The number of aromatic nitrogens is 2. The Morgan fingerprint density at radius 1 is 1.36 bits per heavy atom. The van der Waals surface area contributed by atoms with Crippen molar-refractivity contribution in [3.8, 4) is 5.75 Å². The van der Waals surface area contributed by atoms with Crippen molar-refractivity contribution in [1.29, 1.82) is 0 Å². The van der Waals surface area contributed by atoms with Crippen molar-refractivity contribution < 1.29 is 9.90 Å². The van der Waals surface area contributed by atoms with E-state index in [0.29, 0.717) is 16.6 Å². The largest absolute Gasteiger partial charge is 0.506 e. The van der Waals surface area contributed by atoms with Gasteiger partial charge in [-0.2, -0.15) is 0 Å². The summed E-state index contributed by atoms with van der Waals surface area (Å²) in [5.74, 6) is -0.268. The second kappa shape index (κ2) is 2.73. The highest BCUT2D eigenvalue weighted by molar-refractivity contribution is 5.98. The summed E-state index contributed by atoms with van der Waals surface area (Å²) in [4.78, 5) is 26.8. The Balaban J connectivity index is 2.84. The summed E-state index contributed by atoms with van der Waals surface area (Å²) in [5, 5.41) is 9.47. The lowest BCUT2D eigenvalue weighted by Gasteiger charge is -1.98. The topological polar surface area (TPSA) is 85.9 Å². The van der Waals surface area contributed by atoms with E-state index in [-0.39, 0.29) is 11.5 Å². The van der Waals surface area contributed by atoms with E-state index in [9.17, 15) is 14.7 Å². The van der Waals surface area contributed by atoms with Crippen molar-refractivity contribution in [2.75, 3.05) is 0 Å². The first kappa shape index (κ1) is 8.55. The van der Waals surface area contributed by atoms with Gasteiger partial charge in [-0.05, 0) is 19.1 Å². The number of phenols is 1. The predicted octanol–water partition coefficient (Wildman–Crippen LogP) is 0.764. The molecule has 0 unspecified atom stereocenters. The third-order valence-electron chi connectivity index (χ3n) is 2.01. The van der Waals surface area contributed by atoms with Crippen molar-refractivity contribution in [3.63, 3.8) is 0 Å². The van der Waals surface area contributed by atoms with Crippen LogP contribution < -0.4 is 5.69 Å². The van der Waals surface area contributed by atoms with Crippen LogP contribution in [-0.2, 0) is 0 Å². The number of fused-ring (bicyclic) bond motifs is 1. The summed E-state index contributed by atoms with van der Waals surface area (Å²) in [6.45, 7) is 1.39. The Labute approximate surface area is 78.4 Å². The fraction of sp³-hybridized carbons (Fsp3) is 0.111. The van der Waals surface area contributed by atoms with Gasteiger partial charge in [-0.15, -0.1) is 0 Å². The van der Waals surface area contributed by atoms with Gasteiger partial charge in [-0.25, -0.2) is 4.79 Å². The number of Topliss-reactive ketones (excluding diaryl/α,β-unsaturated/α-hetero) is 1. The zero-order valence-corrected chi connectivity index (χ0v) is 7.42. The molecule has 1 aromatic heterocycles.